The highest BCUT2D eigenvalue weighted by Crippen LogP contribution is 2.73. The van der Waals surface area contributed by atoms with Gasteiger partial charge in [0.1, 0.15) is 0 Å². The summed E-state index contributed by atoms with van der Waals surface area (Å²) in [7, 11) is 0. The minimum absolute atomic E-state index is 0.0448. The van der Waals surface area contributed by atoms with Crippen molar-refractivity contribution in [3.05, 3.63) is 0 Å². The molecule has 2 heteroatoms. The molecule has 2 nitrogen and oxygen atoms in total. The molecule has 0 amide bonds. The van der Waals surface area contributed by atoms with E-state index in [1.165, 1.54) is 57.8 Å². The van der Waals surface area contributed by atoms with Gasteiger partial charge >= 0.3 is 0 Å². The zero-order chi connectivity index (χ0) is 20.3. The molecule has 0 heterocycles. The van der Waals surface area contributed by atoms with Crippen LogP contribution >= 0.6 is 0 Å². The molecule has 3 rings (SSSR count). The van der Waals surface area contributed by atoms with E-state index in [1.807, 2.05) is 6.92 Å². The van der Waals surface area contributed by atoms with Gasteiger partial charge in [0.15, 0.2) is 0 Å². The third-order valence-electron chi connectivity index (χ3n) is 8.90. The van der Waals surface area contributed by atoms with Crippen molar-refractivity contribution in [3.8, 4) is 0 Å². The SMILES string of the molecule is CCCCCCCC(O)CC.C[C@@H]1CC[C@H]2C(C)(C)[C@H]3C[C@@]12CC[C@@]3(C)O. The first-order valence-corrected chi connectivity index (χ1v) is 12.0. The largest absolute Gasteiger partial charge is 0.393 e. The van der Waals surface area contributed by atoms with Crippen molar-refractivity contribution >= 4 is 0 Å². The highest BCUT2D eigenvalue weighted by Gasteiger charge is 2.67. The Labute approximate surface area is 169 Å². The van der Waals surface area contributed by atoms with Crippen LogP contribution in [-0.4, -0.2) is 21.9 Å². The first kappa shape index (κ1) is 23.2. The molecule has 0 aromatic carbocycles. The molecular weight excluding hydrogens is 332 g/mol. The summed E-state index contributed by atoms with van der Waals surface area (Å²) in [6.07, 6.45) is 14.8. The van der Waals surface area contributed by atoms with E-state index >= 15 is 0 Å². The second-order valence-electron chi connectivity index (χ2n) is 11.0. The van der Waals surface area contributed by atoms with Crippen molar-refractivity contribution in [1.29, 1.82) is 0 Å². The zero-order valence-corrected chi connectivity index (χ0v) is 19.2. The van der Waals surface area contributed by atoms with Gasteiger partial charge in [0.05, 0.1) is 11.7 Å². The van der Waals surface area contributed by atoms with Crippen molar-refractivity contribution in [2.45, 2.75) is 130 Å². The van der Waals surface area contributed by atoms with Crippen LogP contribution in [-0.2, 0) is 0 Å². The molecule has 0 radical (unpaired) electrons. The third-order valence-corrected chi connectivity index (χ3v) is 8.90. The van der Waals surface area contributed by atoms with Crippen LogP contribution in [0.5, 0.6) is 0 Å². The maximum absolute atomic E-state index is 10.6. The fourth-order valence-corrected chi connectivity index (χ4v) is 7.07. The Morgan fingerprint density at radius 1 is 0.926 bits per heavy atom. The lowest BCUT2D eigenvalue weighted by Gasteiger charge is -2.44. The van der Waals surface area contributed by atoms with E-state index in [4.69, 9.17) is 0 Å². The Morgan fingerprint density at radius 2 is 1.59 bits per heavy atom. The van der Waals surface area contributed by atoms with Crippen molar-refractivity contribution in [2.75, 3.05) is 0 Å². The minimum atomic E-state index is -0.404. The fraction of sp³-hybridized carbons (Fsp3) is 1.00. The van der Waals surface area contributed by atoms with Crippen molar-refractivity contribution in [1.82, 2.24) is 0 Å². The van der Waals surface area contributed by atoms with Gasteiger partial charge in [0.25, 0.3) is 0 Å². The average Bonchev–Trinajstić information content (AvgIpc) is 3.04. The third kappa shape index (κ3) is 4.74. The predicted molar refractivity (Wildman–Crippen MR) is 116 cm³/mol. The Kier molecular flexibility index (Phi) is 7.87. The van der Waals surface area contributed by atoms with E-state index < -0.39 is 5.60 Å². The van der Waals surface area contributed by atoms with Gasteiger partial charge in [-0.25, -0.2) is 0 Å². The van der Waals surface area contributed by atoms with Gasteiger partial charge in [-0.1, -0.05) is 66.7 Å². The van der Waals surface area contributed by atoms with Crippen molar-refractivity contribution < 1.29 is 10.2 Å². The second kappa shape index (κ2) is 9.16. The number of unbranched alkanes of at least 4 members (excludes halogenated alkanes) is 4. The molecule has 6 atom stereocenters. The lowest BCUT2D eigenvalue weighted by molar-refractivity contribution is -0.0717. The van der Waals surface area contributed by atoms with Gasteiger partial charge in [0, 0.05) is 0 Å². The monoisotopic (exact) mass is 380 g/mol. The predicted octanol–water partition coefficient (Wildman–Crippen LogP) is 6.73. The summed E-state index contributed by atoms with van der Waals surface area (Å²) in [6, 6.07) is 0. The molecule has 27 heavy (non-hydrogen) atoms. The number of aliphatic hydroxyl groups excluding tert-OH is 1. The summed E-state index contributed by atoms with van der Waals surface area (Å²) < 4.78 is 0. The summed E-state index contributed by atoms with van der Waals surface area (Å²) in [5, 5.41) is 19.8. The van der Waals surface area contributed by atoms with Crippen LogP contribution in [0.1, 0.15) is 119 Å². The van der Waals surface area contributed by atoms with Crippen LogP contribution < -0.4 is 0 Å². The number of fused-ring (bicyclic) bond motifs is 1. The van der Waals surface area contributed by atoms with Crippen LogP contribution in [0, 0.1) is 28.6 Å². The first-order chi connectivity index (χ1) is 12.6. The number of aliphatic hydroxyl groups is 2. The fourth-order valence-electron chi connectivity index (χ4n) is 7.07. The van der Waals surface area contributed by atoms with Crippen molar-refractivity contribution in [3.63, 3.8) is 0 Å². The zero-order valence-electron chi connectivity index (χ0n) is 19.2. The molecule has 2 N–H and O–H groups in total. The lowest BCUT2D eigenvalue weighted by atomic mass is 9.64. The molecule has 3 aliphatic carbocycles. The molecule has 1 spiro atoms. The molecule has 3 fully saturated rings. The summed E-state index contributed by atoms with van der Waals surface area (Å²) in [5.74, 6) is 2.29. The highest BCUT2D eigenvalue weighted by molar-refractivity contribution is 5.16. The van der Waals surface area contributed by atoms with Crippen molar-refractivity contribution in [2.24, 2.45) is 28.6 Å². The van der Waals surface area contributed by atoms with Crippen LogP contribution in [0.3, 0.4) is 0 Å². The van der Waals surface area contributed by atoms with Crippen LogP contribution in [0.15, 0.2) is 0 Å². The molecule has 0 aromatic heterocycles. The normalized spacial score (nSPS) is 40.2. The molecule has 1 unspecified atom stereocenters. The van der Waals surface area contributed by atoms with Gasteiger partial charge in [-0.15, -0.1) is 0 Å². The van der Waals surface area contributed by atoms with Gasteiger partial charge in [0.2, 0.25) is 0 Å². The van der Waals surface area contributed by atoms with Crippen LogP contribution in [0.4, 0.5) is 0 Å². The van der Waals surface area contributed by atoms with E-state index in [9.17, 15) is 10.2 Å². The molecule has 160 valence electrons. The smallest absolute Gasteiger partial charge is 0.0653 e. The number of hydrogen-bond donors (Lipinski definition) is 2. The standard InChI is InChI=1S/C15H26O.C10H22O/c1-10-5-6-11-13(2,3)12-9-15(10,11)8-7-14(12,4)16;1-3-5-6-7-8-9-10(11)4-2/h10-12,16H,5-9H2,1-4H3;10-11H,3-9H2,1-2H3/t10-,11+,12-,14-,15+;/m1./s1. The average molecular weight is 381 g/mol. The quantitative estimate of drug-likeness (QED) is 0.481. The van der Waals surface area contributed by atoms with Crippen LogP contribution in [0.2, 0.25) is 0 Å². The molecule has 0 aliphatic heterocycles. The summed E-state index contributed by atoms with van der Waals surface area (Å²) in [6.45, 7) is 13.6. The van der Waals surface area contributed by atoms with E-state index in [-0.39, 0.29) is 6.10 Å². The summed E-state index contributed by atoms with van der Waals surface area (Å²) >= 11 is 0. The van der Waals surface area contributed by atoms with Gasteiger partial charge in [-0.3, -0.25) is 0 Å². The number of hydrogen-bond acceptors (Lipinski definition) is 2. The Hall–Kier alpha value is -0.0800. The Bertz CT molecular complexity index is 451. The maximum atomic E-state index is 10.6. The molecule has 2 bridgehead atoms. The summed E-state index contributed by atoms with van der Waals surface area (Å²) in [5.41, 5.74) is 0.542. The first-order valence-electron chi connectivity index (χ1n) is 12.0. The van der Waals surface area contributed by atoms with Gasteiger partial charge in [-0.2, -0.15) is 0 Å². The van der Waals surface area contributed by atoms with E-state index in [0.717, 1.165) is 31.1 Å². The van der Waals surface area contributed by atoms with E-state index in [2.05, 4.69) is 34.6 Å². The van der Waals surface area contributed by atoms with E-state index in [0.29, 0.717) is 16.7 Å². The highest BCUT2D eigenvalue weighted by atomic mass is 16.3. The van der Waals surface area contributed by atoms with Gasteiger partial charge in [-0.05, 0) is 80.5 Å². The van der Waals surface area contributed by atoms with Gasteiger partial charge < -0.3 is 10.2 Å². The molecule has 3 aliphatic rings. The van der Waals surface area contributed by atoms with Crippen LogP contribution in [0.25, 0.3) is 0 Å². The molecule has 0 aromatic rings. The minimum Gasteiger partial charge on any atom is -0.393 e. The molecule has 0 saturated heterocycles. The maximum Gasteiger partial charge on any atom is 0.0653 e. The molecule has 3 saturated carbocycles. The Morgan fingerprint density at radius 3 is 2.22 bits per heavy atom. The topological polar surface area (TPSA) is 40.5 Å². The number of rotatable bonds is 7. The summed E-state index contributed by atoms with van der Waals surface area (Å²) in [4.78, 5) is 0. The molecular formula is C25H48O2. The lowest BCUT2D eigenvalue weighted by Crippen LogP contribution is -2.44. The van der Waals surface area contributed by atoms with E-state index in [1.54, 1.807) is 0 Å². The Balaban J connectivity index is 0.000000211. The second-order valence-corrected chi connectivity index (χ2v) is 11.0.